The molecule has 3 heteroatoms. The molecule has 0 unspecified atom stereocenters. The van der Waals surface area contributed by atoms with E-state index in [4.69, 9.17) is 0 Å². The summed E-state index contributed by atoms with van der Waals surface area (Å²) in [5.41, 5.74) is 2.30. The van der Waals surface area contributed by atoms with Gasteiger partial charge in [0.1, 0.15) is 0 Å². The fourth-order valence-electron chi connectivity index (χ4n) is 2.33. The van der Waals surface area contributed by atoms with Gasteiger partial charge in [-0.25, -0.2) is 0 Å². The summed E-state index contributed by atoms with van der Waals surface area (Å²) < 4.78 is 0. The van der Waals surface area contributed by atoms with Gasteiger partial charge in [-0.2, -0.15) is 5.10 Å². The molecule has 1 fully saturated rings. The van der Waals surface area contributed by atoms with Gasteiger partial charge in [0.05, 0.1) is 17.4 Å². The highest BCUT2D eigenvalue weighted by molar-refractivity contribution is 5.90. The van der Waals surface area contributed by atoms with Crippen LogP contribution in [0, 0.1) is 5.92 Å². The third-order valence-electron chi connectivity index (χ3n) is 3.21. The number of H-pyrrole nitrogens is 1. The van der Waals surface area contributed by atoms with Crippen molar-refractivity contribution in [1.29, 1.82) is 0 Å². The van der Waals surface area contributed by atoms with E-state index in [1.807, 2.05) is 6.20 Å². The van der Waals surface area contributed by atoms with Gasteiger partial charge < -0.3 is 5.32 Å². The largest absolute Gasteiger partial charge is 0.381 e. The van der Waals surface area contributed by atoms with Gasteiger partial charge in [0, 0.05) is 11.4 Å². The molecule has 1 saturated carbocycles. The molecule has 3 rings (SSSR count). The van der Waals surface area contributed by atoms with E-state index in [2.05, 4.69) is 40.6 Å². The molecular weight excluding hydrogens is 186 g/mol. The molecule has 0 radical (unpaired) electrons. The van der Waals surface area contributed by atoms with Gasteiger partial charge in [-0.1, -0.05) is 19.1 Å². The number of aromatic amines is 1. The molecule has 0 saturated heterocycles. The Kier molecular flexibility index (Phi) is 1.91. The summed E-state index contributed by atoms with van der Waals surface area (Å²) in [6.07, 6.45) is 4.43. The topological polar surface area (TPSA) is 40.7 Å². The zero-order valence-electron chi connectivity index (χ0n) is 8.83. The minimum atomic E-state index is 0.647. The van der Waals surface area contributed by atoms with Crippen LogP contribution in [-0.4, -0.2) is 16.2 Å². The van der Waals surface area contributed by atoms with Crippen molar-refractivity contribution in [3.63, 3.8) is 0 Å². The minimum Gasteiger partial charge on any atom is -0.381 e. The van der Waals surface area contributed by atoms with Crippen molar-refractivity contribution in [3.05, 3.63) is 24.4 Å². The Balaban J connectivity index is 1.87. The number of aromatic nitrogens is 2. The number of fused-ring (bicyclic) bond motifs is 1. The van der Waals surface area contributed by atoms with Gasteiger partial charge in [-0.15, -0.1) is 0 Å². The standard InChI is InChI=1S/C12H15N3/c1-8-5-10(6-8)14-11-4-2-3-9-7-13-15-12(9)11/h2-4,7-8,10,14H,5-6H2,1H3,(H,13,15). The molecule has 1 heterocycles. The monoisotopic (exact) mass is 201 g/mol. The average molecular weight is 201 g/mol. The van der Waals surface area contributed by atoms with E-state index in [0.29, 0.717) is 6.04 Å². The van der Waals surface area contributed by atoms with E-state index in [1.54, 1.807) is 0 Å². The summed E-state index contributed by atoms with van der Waals surface area (Å²) in [5.74, 6) is 0.878. The molecule has 0 amide bonds. The number of hydrogen-bond acceptors (Lipinski definition) is 2. The fourth-order valence-corrected chi connectivity index (χ4v) is 2.33. The highest BCUT2D eigenvalue weighted by Gasteiger charge is 2.25. The number of benzene rings is 1. The van der Waals surface area contributed by atoms with E-state index in [-0.39, 0.29) is 0 Å². The van der Waals surface area contributed by atoms with Crippen molar-refractivity contribution in [2.24, 2.45) is 5.92 Å². The molecule has 15 heavy (non-hydrogen) atoms. The van der Waals surface area contributed by atoms with Gasteiger partial charge in [-0.3, -0.25) is 5.10 Å². The molecule has 1 aliphatic carbocycles. The highest BCUT2D eigenvalue weighted by Crippen LogP contribution is 2.31. The molecule has 2 N–H and O–H groups in total. The molecule has 2 aromatic rings. The van der Waals surface area contributed by atoms with E-state index >= 15 is 0 Å². The molecule has 0 aliphatic heterocycles. The van der Waals surface area contributed by atoms with Crippen LogP contribution in [0.4, 0.5) is 5.69 Å². The number of hydrogen-bond donors (Lipinski definition) is 2. The predicted octanol–water partition coefficient (Wildman–Crippen LogP) is 2.77. The zero-order valence-corrected chi connectivity index (χ0v) is 8.83. The lowest BCUT2D eigenvalue weighted by Gasteiger charge is -2.34. The summed E-state index contributed by atoms with van der Waals surface area (Å²) in [6, 6.07) is 6.91. The molecule has 3 nitrogen and oxygen atoms in total. The zero-order chi connectivity index (χ0) is 10.3. The van der Waals surface area contributed by atoms with Crippen LogP contribution in [0.2, 0.25) is 0 Å². The van der Waals surface area contributed by atoms with Crippen LogP contribution < -0.4 is 5.32 Å². The number of nitrogens with zero attached hydrogens (tertiary/aromatic N) is 1. The summed E-state index contributed by atoms with van der Waals surface area (Å²) in [5, 5.41) is 11.8. The van der Waals surface area contributed by atoms with Gasteiger partial charge in [0.15, 0.2) is 0 Å². The van der Waals surface area contributed by atoms with Crippen LogP contribution >= 0.6 is 0 Å². The van der Waals surface area contributed by atoms with Crippen molar-refractivity contribution >= 4 is 16.6 Å². The maximum atomic E-state index is 4.06. The first-order chi connectivity index (χ1) is 7.33. The van der Waals surface area contributed by atoms with Crippen molar-refractivity contribution in [2.45, 2.75) is 25.8 Å². The third-order valence-corrected chi connectivity index (χ3v) is 3.21. The Hall–Kier alpha value is -1.51. The fraction of sp³-hybridized carbons (Fsp3) is 0.417. The SMILES string of the molecule is CC1CC(Nc2cccc3cn[nH]c23)C1. The van der Waals surface area contributed by atoms with Crippen molar-refractivity contribution in [1.82, 2.24) is 10.2 Å². The minimum absolute atomic E-state index is 0.647. The lowest BCUT2D eigenvalue weighted by atomic mass is 9.82. The summed E-state index contributed by atoms with van der Waals surface area (Å²) >= 11 is 0. The van der Waals surface area contributed by atoms with Gasteiger partial charge in [0.25, 0.3) is 0 Å². The van der Waals surface area contributed by atoms with E-state index in [0.717, 1.165) is 11.4 Å². The van der Waals surface area contributed by atoms with Crippen LogP contribution in [0.3, 0.4) is 0 Å². The molecule has 0 atom stereocenters. The average Bonchev–Trinajstić information content (AvgIpc) is 2.64. The third kappa shape index (κ3) is 1.48. The van der Waals surface area contributed by atoms with Crippen LogP contribution in [0.5, 0.6) is 0 Å². The number of rotatable bonds is 2. The molecule has 0 spiro atoms. The highest BCUT2D eigenvalue weighted by atomic mass is 15.1. The Bertz CT molecular complexity index is 468. The van der Waals surface area contributed by atoms with E-state index in [9.17, 15) is 0 Å². The molecule has 0 bridgehead atoms. The summed E-state index contributed by atoms with van der Waals surface area (Å²) in [6.45, 7) is 2.30. The molecule has 1 aromatic heterocycles. The van der Waals surface area contributed by atoms with Crippen LogP contribution in [-0.2, 0) is 0 Å². The number of anilines is 1. The van der Waals surface area contributed by atoms with Gasteiger partial charge in [-0.05, 0) is 24.8 Å². The number of nitrogens with one attached hydrogen (secondary N) is 2. The van der Waals surface area contributed by atoms with Crippen molar-refractivity contribution in [3.8, 4) is 0 Å². The van der Waals surface area contributed by atoms with Crippen LogP contribution in [0.25, 0.3) is 10.9 Å². The van der Waals surface area contributed by atoms with Gasteiger partial charge in [0.2, 0.25) is 0 Å². The van der Waals surface area contributed by atoms with Gasteiger partial charge >= 0.3 is 0 Å². The van der Waals surface area contributed by atoms with E-state index < -0.39 is 0 Å². The Morgan fingerprint density at radius 3 is 3.07 bits per heavy atom. The Morgan fingerprint density at radius 1 is 1.40 bits per heavy atom. The molecule has 1 aromatic carbocycles. The first-order valence-corrected chi connectivity index (χ1v) is 5.51. The summed E-state index contributed by atoms with van der Waals surface area (Å²) in [4.78, 5) is 0. The maximum absolute atomic E-state index is 4.06. The van der Waals surface area contributed by atoms with Crippen LogP contribution in [0.1, 0.15) is 19.8 Å². The second-order valence-electron chi connectivity index (χ2n) is 4.56. The van der Waals surface area contributed by atoms with Crippen molar-refractivity contribution in [2.75, 3.05) is 5.32 Å². The lowest BCUT2D eigenvalue weighted by Crippen LogP contribution is -2.33. The van der Waals surface area contributed by atoms with Crippen LogP contribution in [0.15, 0.2) is 24.4 Å². The Labute approximate surface area is 88.9 Å². The second-order valence-corrected chi connectivity index (χ2v) is 4.56. The summed E-state index contributed by atoms with van der Waals surface area (Å²) in [7, 11) is 0. The lowest BCUT2D eigenvalue weighted by molar-refractivity contribution is 0.309. The number of para-hydroxylation sites is 1. The maximum Gasteiger partial charge on any atom is 0.0881 e. The Morgan fingerprint density at radius 2 is 2.27 bits per heavy atom. The normalized spacial score (nSPS) is 25.1. The second kappa shape index (κ2) is 3.26. The predicted molar refractivity (Wildman–Crippen MR) is 61.9 cm³/mol. The first-order valence-electron chi connectivity index (χ1n) is 5.51. The quantitative estimate of drug-likeness (QED) is 0.784. The molecule has 78 valence electrons. The first kappa shape index (κ1) is 8.77. The van der Waals surface area contributed by atoms with E-state index in [1.165, 1.54) is 23.9 Å². The molecule has 1 aliphatic rings. The molecular formula is C12H15N3. The van der Waals surface area contributed by atoms with Crippen molar-refractivity contribution < 1.29 is 0 Å². The smallest absolute Gasteiger partial charge is 0.0881 e.